The molecule has 0 heterocycles. The van der Waals surface area contributed by atoms with E-state index in [4.69, 9.17) is 17.3 Å². The molecular weight excluding hydrogens is 210 g/mol. The third-order valence-electron chi connectivity index (χ3n) is 1.63. The number of nitrogens with two attached hydrogens (primary N) is 1. The Morgan fingerprint density at radius 3 is 2.54 bits per heavy atom. The first-order chi connectivity index (χ1) is 5.95. The second kappa shape index (κ2) is 3.65. The minimum absolute atomic E-state index is 0.136. The molecule has 1 rings (SSSR count). The Hall–Kier alpha value is -0.580. The molecule has 0 atom stereocenters. The largest absolute Gasteiger partial charge is 0.326 e. The van der Waals surface area contributed by atoms with Crippen molar-refractivity contribution >= 4 is 21.4 Å². The van der Waals surface area contributed by atoms with Gasteiger partial charge in [-0.1, -0.05) is 17.7 Å². The quantitative estimate of drug-likeness (QED) is 0.813. The van der Waals surface area contributed by atoms with Crippen LogP contribution in [-0.4, -0.2) is 14.7 Å². The predicted octanol–water partition coefficient (Wildman–Crippen LogP) is 1.20. The summed E-state index contributed by atoms with van der Waals surface area (Å²) in [6, 6.07) is 4.74. The van der Waals surface area contributed by atoms with Crippen LogP contribution in [0.25, 0.3) is 0 Å². The number of hydrogen-bond acceptors (Lipinski definition) is 3. The summed E-state index contributed by atoms with van der Waals surface area (Å²) in [6.45, 7) is 0.305. The van der Waals surface area contributed by atoms with Gasteiger partial charge < -0.3 is 5.73 Å². The molecule has 2 N–H and O–H groups in total. The van der Waals surface area contributed by atoms with E-state index in [0.29, 0.717) is 6.54 Å². The van der Waals surface area contributed by atoms with Gasteiger partial charge in [0.1, 0.15) is 0 Å². The molecule has 5 heteroatoms. The molecule has 1 aromatic carbocycles. The smallest absolute Gasteiger partial charge is 0.177 e. The minimum atomic E-state index is -3.25. The van der Waals surface area contributed by atoms with Crippen LogP contribution in [0.1, 0.15) is 5.56 Å². The normalized spacial score (nSPS) is 11.6. The highest BCUT2D eigenvalue weighted by Crippen LogP contribution is 2.22. The van der Waals surface area contributed by atoms with Gasteiger partial charge in [0, 0.05) is 12.8 Å². The van der Waals surface area contributed by atoms with E-state index < -0.39 is 9.84 Å². The average molecular weight is 220 g/mol. The van der Waals surface area contributed by atoms with Crippen LogP contribution in [0.15, 0.2) is 23.1 Å². The number of sulfone groups is 1. The summed E-state index contributed by atoms with van der Waals surface area (Å²) in [5.41, 5.74) is 6.13. The zero-order chi connectivity index (χ0) is 10.1. The van der Waals surface area contributed by atoms with Crippen LogP contribution in [0.5, 0.6) is 0 Å². The van der Waals surface area contributed by atoms with E-state index in [-0.39, 0.29) is 9.92 Å². The lowest BCUT2D eigenvalue weighted by Gasteiger charge is -2.03. The summed E-state index contributed by atoms with van der Waals surface area (Å²) in [7, 11) is -3.25. The van der Waals surface area contributed by atoms with Crippen molar-refractivity contribution in [2.75, 3.05) is 6.26 Å². The van der Waals surface area contributed by atoms with E-state index in [0.717, 1.165) is 11.8 Å². The van der Waals surface area contributed by atoms with Crippen LogP contribution in [0, 0.1) is 0 Å². The second-order valence-corrected chi connectivity index (χ2v) is 5.13. The number of rotatable bonds is 2. The Balaban J connectivity index is 3.36. The summed E-state index contributed by atoms with van der Waals surface area (Å²) in [5.74, 6) is 0. The molecule has 72 valence electrons. The molecule has 0 spiro atoms. The van der Waals surface area contributed by atoms with Crippen molar-refractivity contribution in [3.63, 3.8) is 0 Å². The van der Waals surface area contributed by atoms with Crippen molar-refractivity contribution in [3.8, 4) is 0 Å². The zero-order valence-electron chi connectivity index (χ0n) is 7.12. The molecule has 0 saturated carbocycles. The van der Waals surface area contributed by atoms with E-state index >= 15 is 0 Å². The predicted molar refractivity (Wildman–Crippen MR) is 52.5 cm³/mol. The number of benzene rings is 1. The van der Waals surface area contributed by atoms with Gasteiger partial charge >= 0.3 is 0 Å². The highest BCUT2D eigenvalue weighted by molar-refractivity contribution is 7.90. The van der Waals surface area contributed by atoms with Crippen LogP contribution in [0.2, 0.25) is 5.02 Å². The summed E-state index contributed by atoms with van der Waals surface area (Å²) >= 11 is 5.72. The fourth-order valence-corrected chi connectivity index (χ4v) is 2.28. The van der Waals surface area contributed by atoms with E-state index in [1.54, 1.807) is 12.1 Å². The molecule has 0 radical (unpaired) electrons. The number of hydrogen-bond donors (Lipinski definition) is 1. The zero-order valence-corrected chi connectivity index (χ0v) is 8.69. The summed E-state index contributed by atoms with van der Waals surface area (Å²) in [5, 5.41) is 0.236. The van der Waals surface area contributed by atoms with Gasteiger partial charge in [-0.2, -0.15) is 0 Å². The number of halogens is 1. The van der Waals surface area contributed by atoms with Crippen molar-refractivity contribution in [1.82, 2.24) is 0 Å². The highest BCUT2D eigenvalue weighted by Gasteiger charge is 2.11. The van der Waals surface area contributed by atoms with Crippen molar-refractivity contribution in [2.45, 2.75) is 11.4 Å². The first kappa shape index (κ1) is 10.5. The third-order valence-corrected chi connectivity index (χ3v) is 3.21. The molecule has 0 bridgehead atoms. The van der Waals surface area contributed by atoms with Crippen LogP contribution in [0.3, 0.4) is 0 Å². The molecule has 3 nitrogen and oxygen atoms in total. The highest BCUT2D eigenvalue weighted by atomic mass is 35.5. The molecule has 0 unspecified atom stereocenters. The third kappa shape index (κ3) is 2.43. The Morgan fingerprint density at radius 1 is 1.46 bits per heavy atom. The lowest BCUT2D eigenvalue weighted by Crippen LogP contribution is -2.02. The van der Waals surface area contributed by atoms with Crippen LogP contribution in [0.4, 0.5) is 0 Å². The molecule has 0 aliphatic rings. The maximum absolute atomic E-state index is 11.2. The minimum Gasteiger partial charge on any atom is -0.326 e. The lowest BCUT2D eigenvalue weighted by atomic mass is 10.2. The maximum Gasteiger partial charge on any atom is 0.177 e. The first-order valence-corrected chi connectivity index (χ1v) is 5.90. The topological polar surface area (TPSA) is 60.2 Å². The van der Waals surface area contributed by atoms with E-state index in [1.807, 2.05) is 0 Å². The molecule has 0 fully saturated rings. The monoisotopic (exact) mass is 219 g/mol. The Kier molecular flexibility index (Phi) is 2.95. The average Bonchev–Trinajstić information content (AvgIpc) is 2.03. The molecular formula is C8H10ClNO2S. The SMILES string of the molecule is CS(=O)(=O)c1cc(CN)ccc1Cl. The molecule has 0 saturated heterocycles. The molecule has 0 aliphatic carbocycles. The summed E-state index contributed by atoms with van der Waals surface area (Å²) in [4.78, 5) is 0.136. The van der Waals surface area contributed by atoms with Gasteiger partial charge in [0.2, 0.25) is 0 Å². The molecule has 1 aromatic rings. The second-order valence-electron chi connectivity index (χ2n) is 2.74. The van der Waals surface area contributed by atoms with E-state index in [1.165, 1.54) is 6.07 Å². The van der Waals surface area contributed by atoms with Gasteiger partial charge in [0.05, 0.1) is 9.92 Å². The van der Waals surface area contributed by atoms with Crippen LogP contribution < -0.4 is 5.73 Å². The van der Waals surface area contributed by atoms with Crippen LogP contribution >= 0.6 is 11.6 Å². The fourth-order valence-electron chi connectivity index (χ4n) is 0.959. The molecule has 0 amide bonds. The van der Waals surface area contributed by atoms with Crippen molar-refractivity contribution in [1.29, 1.82) is 0 Å². The van der Waals surface area contributed by atoms with Gasteiger partial charge in [-0.05, 0) is 17.7 Å². The molecule has 0 aliphatic heterocycles. The standard InChI is InChI=1S/C8H10ClNO2S/c1-13(11,12)8-4-6(5-10)2-3-7(8)9/h2-4H,5,10H2,1H3. The summed E-state index contributed by atoms with van der Waals surface area (Å²) < 4.78 is 22.4. The Bertz CT molecular complexity index is 414. The van der Waals surface area contributed by atoms with Gasteiger partial charge in [0.25, 0.3) is 0 Å². The lowest BCUT2D eigenvalue weighted by molar-refractivity contribution is 0.602. The van der Waals surface area contributed by atoms with Crippen molar-refractivity contribution < 1.29 is 8.42 Å². The van der Waals surface area contributed by atoms with E-state index in [2.05, 4.69) is 0 Å². The van der Waals surface area contributed by atoms with Gasteiger partial charge in [-0.3, -0.25) is 0 Å². The van der Waals surface area contributed by atoms with E-state index in [9.17, 15) is 8.42 Å². The van der Waals surface area contributed by atoms with Crippen molar-refractivity contribution in [2.24, 2.45) is 5.73 Å². The molecule has 13 heavy (non-hydrogen) atoms. The first-order valence-electron chi connectivity index (χ1n) is 3.63. The fraction of sp³-hybridized carbons (Fsp3) is 0.250. The Morgan fingerprint density at radius 2 is 2.08 bits per heavy atom. The van der Waals surface area contributed by atoms with Crippen molar-refractivity contribution in [3.05, 3.63) is 28.8 Å². The van der Waals surface area contributed by atoms with Gasteiger partial charge in [-0.15, -0.1) is 0 Å². The van der Waals surface area contributed by atoms with Crippen LogP contribution in [-0.2, 0) is 16.4 Å². The Labute approximate surface area is 82.4 Å². The molecule has 0 aromatic heterocycles. The van der Waals surface area contributed by atoms with Gasteiger partial charge in [0.15, 0.2) is 9.84 Å². The maximum atomic E-state index is 11.2. The van der Waals surface area contributed by atoms with Gasteiger partial charge in [-0.25, -0.2) is 8.42 Å². The summed E-state index contributed by atoms with van der Waals surface area (Å²) in [6.07, 6.45) is 1.12.